The van der Waals surface area contributed by atoms with E-state index in [-0.39, 0.29) is 11.8 Å². The molecule has 0 atom stereocenters. The van der Waals surface area contributed by atoms with Gasteiger partial charge in [0.25, 0.3) is 0 Å². The fraction of sp³-hybridized carbons (Fsp3) is 0.467. The van der Waals surface area contributed by atoms with E-state index in [2.05, 4.69) is 15.2 Å². The van der Waals surface area contributed by atoms with E-state index in [4.69, 9.17) is 0 Å². The number of hydrogen-bond acceptors (Lipinski definition) is 5. The van der Waals surface area contributed by atoms with E-state index in [9.17, 15) is 14.4 Å². The Kier molecular flexibility index (Phi) is 4.04. The van der Waals surface area contributed by atoms with E-state index in [1.54, 1.807) is 6.20 Å². The van der Waals surface area contributed by atoms with Gasteiger partial charge in [-0.1, -0.05) is 0 Å². The molecular formula is C15H18N4O3. The van der Waals surface area contributed by atoms with Crippen molar-refractivity contribution in [2.45, 2.75) is 19.3 Å². The van der Waals surface area contributed by atoms with Gasteiger partial charge in [-0.2, -0.15) is 0 Å². The van der Waals surface area contributed by atoms with Gasteiger partial charge in [0.05, 0.1) is 11.9 Å². The van der Waals surface area contributed by atoms with Crippen LogP contribution in [0.1, 0.15) is 19.3 Å². The molecule has 3 amide bonds. The summed E-state index contributed by atoms with van der Waals surface area (Å²) < 4.78 is 0. The Morgan fingerprint density at radius 2 is 1.95 bits per heavy atom. The molecule has 0 aliphatic carbocycles. The van der Waals surface area contributed by atoms with E-state index < -0.39 is 6.03 Å². The Hall–Kier alpha value is -2.44. The van der Waals surface area contributed by atoms with Crippen LogP contribution in [0.4, 0.5) is 16.3 Å². The minimum absolute atomic E-state index is 0.158. The SMILES string of the molecule is O=CC1CCN(c2ccc(N3CCC(=O)NC3=O)cn2)CC1. The summed E-state index contributed by atoms with van der Waals surface area (Å²) in [5.41, 5.74) is 0.677. The molecule has 0 spiro atoms. The highest BCUT2D eigenvalue weighted by Crippen LogP contribution is 2.23. The molecule has 1 aromatic heterocycles. The molecule has 3 rings (SSSR count). The van der Waals surface area contributed by atoms with Crippen LogP contribution in [0.2, 0.25) is 0 Å². The van der Waals surface area contributed by atoms with Gasteiger partial charge in [-0.15, -0.1) is 0 Å². The van der Waals surface area contributed by atoms with Crippen molar-refractivity contribution >= 4 is 29.7 Å². The van der Waals surface area contributed by atoms with Crippen LogP contribution in [-0.4, -0.2) is 42.8 Å². The summed E-state index contributed by atoms with van der Waals surface area (Å²) in [6, 6.07) is 3.31. The fourth-order valence-corrected chi connectivity index (χ4v) is 2.80. The Balaban J connectivity index is 1.67. The predicted octanol–water partition coefficient (Wildman–Crippen LogP) is 0.943. The number of anilines is 2. The van der Waals surface area contributed by atoms with Gasteiger partial charge in [-0.05, 0) is 25.0 Å². The summed E-state index contributed by atoms with van der Waals surface area (Å²) in [6.45, 7) is 2.00. The number of imide groups is 1. The molecule has 3 heterocycles. The first-order valence-electron chi connectivity index (χ1n) is 7.45. The predicted molar refractivity (Wildman–Crippen MR) is 80.7 cm³/mol. The molecule has 2 saturated heterocycles. The Labute approximate surface area is 128 Å². The fourth-order valence-electron chi connectivity index (χ4n) is 2.80. The third-order valence-corrected chi connectivity index (χ3v) is 4.15. The van der Waals surface area contributed by atoms with Gasteiger partial charge in [0.15, 0.2) is 0 Å². The van der Waals surface area contributed by atoms with Gasteiger partial charge in [0.1, 0.15) is 12.1 Å². The summed E-state index contributed by atoms with van der Waals surface area (Å²) >= 11 is 0. The Bertz CT molecular complexity index is 579. The van der Waals surface area contributed by atoms with E-state index in [0.717, 1.165) is 38.0 Å². The lowest BCUT2D eigenvalue weighted by molar-refractivity contribution is -0.120. The first kappa shape index (κ1) is 14.5. The largest absolute Gasteiger partial charge is 0.357 e. The van der Waals surface area contributed by atoms with Crippen molar-refractivity contribution in [2.75, 3.05) is 29.4 Å². The van der Waals surface area contributed by atoms with E-state index in [1.165, 1.54) is 4.90 Å². The van der Waals surface area contributed by atoms with Crippen LogP contribution in [0.15, 0.2) is 18.3 Å². The second kappa shape index (κ2) is 6.13. The average molecular weight is 302 g/mol. The Morgan fingerprint density at radius 1 is 1.18 bits per heavy atom. The smallest absolute Gasteiger partial charge is 0.328 e. The zero-order valence-corrected chi connectivity index (χ0v) is 12.2. The quantitative estimate of drug-likeness (QED) is 0.840. The summed E-state index contributed by atoms with van der Waals surface area (Å²) in [5.74, 6) is 0.760. The average Bonchev–Trinajstić information content (AvgIpc) is 2.55. The van der Waals surface area contributed by atoms with Crippen molar-refractivity contribution < 1.29 is 14.4 Å². The number of nitrogens with zero attached hydrogens (tertiary/aromatic N) is 3. The van der Waals surface area contributed by atoms with Crippen molar-refractivity contribution in [1.29, 1.82) is 0 Å². The molecule has 0 bridgehead atoms. The van der Waals surface area contributed by atoms with Gasteiger partial charge < -0.3 is 9.69 Å². The zero-order chi connectivity index (χ0) is 15.5. The normalized spacial score (nSPS) is 20.0. The number of aromatic nitrogens is 1. The molecular weight excluding hydrogens is 284 g/mol. The first-order chi connectivity index (χ1) is 10.7. The molecule has 2 aliphatic heterocycles. The second-order valence-electron chi connectivity index (χ2n) is 5.59. The summed E-state index contributed by atoms with van der Waals surface area (Å²) in [7, 11) is 0. The molecule has 22 heavy (non-hydrogen) atoms. The molecule has 1 aromatic rings. The molecule has 7 heteroatoms. The molecule has 0 saturated carbocycles. The highest BCUT2D eigenvalue weighted by molar-refractivity contribution is 6.05. The molecule has 0 radical (unpaired) electrons. The lowest BCUT2D eigenvalue weighted by Crippen LogP contribution is -2.49. The number of pyridine rings is 1. The minimum Gasteiger partial charge on any atom is -0.357 e. The maximum Gasteiger partial charge on any atom is 0.328 e. The van der Waals surface area contributed by atoms with E-state index in [1.807, 2.05) is 12.1 Å². The lowest BCUT2D eigenvalue weighted by atomic mass is 9.99. The van der Waals surface area contributed by atoms with Gasteiger partial charge in [0, 0.05) is 32.0 Å². The number of hydrogen-bond donors (Lipinski definition) is 1. The zero-order valence-electron chi connectivity index (χ0n) is 12.2. The summed E-state index contributed by atoms with van der Waals surface area (Å²) in [6.07, 6.45) is 4.68. The summed E-state index contributed by atoms with van der Waals surface area (Å²) in [4.78, 5) is 41.8. The molecule has 2 fully saturated rings. The standard InChI is InChI=1S/C15H18N4O3/c20-10-11-3-6-18(7-4-11)13-2-1-12(9-16-13)19-8-5-14(21)17-15(19)22/h1-2,9-11H,3-8H2,(H,17,21,22). The number of piperidine rings is 1. The lowest BCUT2D eigenvalue weighted by Gasteiger charge is -2.31. The monoisotopic (exact) mass is 302 g/mol. The molecule has 1 N–H and O–H groups in total. The number of nitrogens with one attached hydrogen (secondary N) is 1. The van der Waals surface area contributed by atoms with Crippen LogP contribution >= 0.6 is 0 Å². The second-order valence-corrected chi connectivity index (χ2v) is 5.59. The Morgan fingerprint density at radius 3 is 2.55 bits per heavy atom. The van der Waals surface area contributed by atoms with Crippen molar-refractivity contribution in [1.82, 2.24) is 10.3 Å². The maximum atomic E-state index is 11.8. The van der Waals surface area contributed by atoms with Gasteiger partial charge in [-0.3, -0.25) is 15.0 Å². The molecule has 0 aromatic carbocycles. The highest BCUT2D eigenvalue weighted by Gasteiger charge is 2.25. The van der Waals surface area contributed by atoms with Gasteiger partial charge in [0.2, 0.25) is 5.91 Å². The number of urea groups is 1. The molecule has 0 unspecified atom stereocenters. The topological polar surface area (TPSA) is 82.6 Å². The van der Waals surface area contributed by atoms with Crippen molar-refractivity contribution in [3.8, 4) is 0 Å². The minimum atomic E-state index is -0.405. The van der Waals surface area contributed by atoms with Crippen LogP contribution in [0, 0.1) is 5.92 Å². The van der Waals surface area contributed by atoms with Gasteiger partial charge >= 0.3 is 6.03 Å². The van der Waals surface area contributed by atoms with Crippen LogP contribution in [0.5, 0.6) is 0 Å². The van der Waals surface area contributed by atoms with Crippen molar-refractivity contribution in [3.63, 3.8) is 0 Å². The van der Waals surface area contributed by atoms with E-state index >= 15 is 0 Å². The third kappa shape index (κ3) is 2.93. The van der Waals surface area contributed by atoms with Crippen LogP contribution in [-0.2, 0) is 9.59 Å². The van der Waals surface area contributed by atoms with Crippen molar-refractivity contribution in [2.24, 2.45) is 5.92 Å². The molecule has 2 aliphatic rings. The van der Waals surface area contributed by atoms with E-state index in [0.29, 0.717) is 18.7 Å². The van der Waals surface area contributed by atoms with Gasteiger partial charge in [-0.25, -0.2) is 9.78 Å². The highest BCUT2D eigenvalue weighted by atomic mass is 16.2. The first-order valence-corrected chi connectivity index (χ1v) is 7.45. The van der Waals surface area contributed by atoms with Crippen LogP contribution < -0.4 is 15.1 Å². The number of carbonyl (C=O) groups is 3. The number of carbonyl (C=O) groups excluding carboxylic acids is 3. The van der Waals surface area contributed by atoms with Crippen LogP contribution in [0.3, 0.4) is 0 Å². The summed E-state index contributed by atoms with van der Waals surface area (Å²) in [5, 5.41) is 2.29. The molecule has 116 valence electrons. The van der Waals surface area contributed by atoms with Crippen molar-refractivity contribution in [3.05, 3.63) is 18.3 Å². The number of aldehydes is 1. The number of rotatable bonds is 3. The maximum absolute atomic E-state index is 11.8. The molecule has 7 nitrogen and oxygen atoms in total. The number of amides is 3. The van der Waals surface area contributed by atoms with Crippen LogP contribution in [0.25, 0.3) is 0 Å². The third-order valence-electron chi connectivity index (χ3n) is 4.15.